The number of hydrogen-bond acceptors (Lipinski definition) is 10. The lowest BCUT2D eigenvalue weighted by atomic mass is 9.76. The number of aromatic carboxylic acids is 1. The van der Waals surface area contributed by atoms with Gasteiger partial charge in [0.1, 0.15) is 6.73 Å². The van der Waals surface area contributed by atoms with Crippen LogP contribution in [-0.2, 0) is 37.2 Å². The van der Waals surface area contributed by atoms with E-state index >= 15 is 0 Å². The molecule has 0 bridgehead atoms. The van der Waals surface area contributed by atoms with Gasteiger partial charge in [-0.2, -0.15) is 20.4 Å². The number of nitrogens with two attached hydrogens (primary N) is 1. The van der Waals surface area contributed by atoms with Crippen LogP contribution in [-0.4, -0.2) is 81.2 Å². The van der Waals surface area contributed by atoms with Crippen LogP contribution in [0.3, 0.4) is 0 Å². The number of rotatable bonds is 12. The molecule has 336 valence electrons. The highest BCUT2D eigenvalue weighted by molar-refractivity contribution is 6.76. The third-order valence-electron chi connectivity index (χ3n) is 11.8. The van der Waals surface area contributed by atoms with Gasteiger partial charge in [0.05, 0.1) is 35.9 Å². The first-order valence-electron chi connectivity index (χ1n) is 21.7. The second kappa shape index (κ2) is 19.6. The van der Waals surface area contributed by atoms with Gasteiger partial charge in [0.15, 0.2) is 11.4 Å². The lowest BCUT2D eigenvalue weighted by Crippen LogP contribution is -2.25. The fourth-order valence-corrected chi connectivity index (χ4v) is 8.52. The number of anilines is 2. The fourth-order valence-electron chi connectivity index (χ4n) is 7.76. The van der Waals surface area contributed by atoms with Gasteiger partial charge in [0, 0.05) is 74.4 Å². The number of carbonyl (C=O) groups excluding carboxylic acids is 1. The highest BCUT2D eigenvalue weighted by Gasteiger charge is 2.33. The van der Waals surface area contributed by atoms with Crippen LogP contribution in [0.4, 0.5) is 11.4 Å². The Morgan fingerprint density at radius 2 is 1.48 bits per heavy atom. The number of nitrogens with zero attached hydrogens (tertiary/aromatic N) is 9. The summed E-state index contributed by atoms with van der Waals surface area (Å²) in [6.07, 6.45) is 19.6. The van der Waals surface area contributed by atoms with Crippen LogP contribution in [0.25, 0.3) is 0 Å². The number of fused-ring (bicyclic) bond motifs is 2. The molecule has 2 unspecified atom stereocenters. The number of H-pyrrole nitrogens is 1. The molecule has 2 aliphatic carbocycles. The molecular weight excluding hydrogens is 813 g/mol. The Balaban J connectivity index is 0.000000165. The summed E-state index contributed by atoms with van der Waals surface area (Å²) in [5.74, 6) is -1.13. The van der Waals surface area contributed by atoms with E-state index in [9.17, 15) is 14.7 Å². The third-order valence-corrected chi connectivity index (χ3v) is 13.5. The first-order chi connectivity index (χ1) is 29.8. The van der Waals surface area contributed by atoms with E-state index in [0.29, 0.717) is 23.8 Å². The van der Waals surface area contributed by atoms with Gasteiger partial charge in [0.2, 0.25) is 0 Å². The number of aromatic nitrogens is 10. The zero-order valence-electron chi connectivity index (χ0n) is 38.2. The number of carbonyl (C=O) groups is 2. The number of aromatic amines is 1. The van der Waals surface area contributed by atoms with Gasteiger partial charge in [-0.3, -0.25) is 29.2 Å². The number of carboxylic acid groups (broad SMARTS) is 1. The lowest BCUT2D eigenvalue weighted by Gasteiger charge is -2.30. The highest BCUT2D eigenvalue weighted by Crippen LogP contribution is 2.37. The molecule has 0 radical (unpaired) electrons. The van der Waals surface area contributed by atoms with Gasteiger partial charge in [-0.25, -0.2) is 9.48 Å². The number of hydrogen-bond donors (Lipinski definition) is 4. The van der Waals surface area contributed by atoms with Crippen molar-refractivity contribution in [3.05, 3.63) is 119 Å². The predicted octanol–water partition coefficient (Wildman–Crippen LogP) is 8.26. The van der Waals surface area contributed by atoms with E-state index in [1.807, 2.05) is 65.3 Å². The molecule has 6 heterocycles. The summed E-state index contributed by atoms with van der Waals surface area (Å²) in [7, 11) is -1.11. The average molecular weight is 877 g/mol. The second-order valence-electron chi connectivity index (χ2n) is 19.5. The Labute approximate surface area is 371 Å². The molecule has 17 heteroatoms. The third kappa shape index (κ3) is 12.4. The van der Waals surface area contributed by atoms with Crippen molar-refractivity contribution in [1.29, 1.82) is 0 Å². The molecule has 8 rings (SSSR count). The normalized spacial score (nSPS) is 16.0. The van der Waals surface area contributed by atoms with Crippen molar-refractivity contribution < 1.29 is 19.4 Å². The molecule has 0 saturated heterocycles. The van der Waals surface area contributed by atoms with Gasteiger partial charge in [0.25, 0.3) is 5.91 Å². The van der Waals surface area contributed by atoms with Gasteiger partial charge < -0.3 is 20.9 Å². The van der Waals surface area contributed by atoms with Gasteiger partial charge in [-0.05, 0) is 92.5 Å². The summed E-state index contributed by atoms with van der Waals surface area (Å²) in [6, 6.07) is 9.16. The Kier molecular flexibility index (Phi) is 14.5. The van der Waals surface area contributed by atoms with E-state index in [4.69, 9.17) is 10.5 Å². The maximum Gasteiger partial charge on any atom is 0.356 e. The van der Waals surface area contributed by atoms with Crippen molar-refractivity contribution in [2.75, 3.05) is 17.7 Å². The van der Waals surface area contributed by atoms with E-state index < -0.39 is 14.0 Å². The fraction of sp³-hybridized carbons (Fsp3) is 0.478. The lowest BCUT2D eigenvalue weighted by molar-refractivity contribution is 0.0667. The first-order valence-corrected chi connectivity index (χ1v) is 25.4. The summed E-state index contributed by atoms with van der Waals surface area (Å²) in [6.45, 7) is 21.1. The number of ether oxygens (including phenoxy) is 1. The van der Waals surface area contributed by atoms with Gasteiger partial charge in [-0.1, -0.05) is 59.5 Å². The molecule has 0 aromatic carbocycles. The largest absolute Gasteiger partial charge is 0.476 e. The van der Waals surface area contributed by atoms with E-state index in [0.717, 1.165) is 84.8 Å². The number of nitrogens with one attached hydrogen (secondary N) is 2. The van der Waals surface area contributed by atoms with E-state index in [1.54, 1.807) is 29.5 Å². The maximum absolute atomic E-state index is 12.7. The molecule has 0 fully saturated rings. The Morgan fingerprint density at radius 1 is 0.873 bits per heavy atom. The molecule has 63 heavy (non-hydrogen) atoms. The zero-order valence-corrected chi connectivity index (χ0v) is 39.2. The van der Waals surface area contributed by atoms with Crippen LogP contribution in [0.2, 0.25) is 25.7 Å². The minimum atomic E-state index is -1.11. The number of carboxylic acids is 1. The minimum absolute atomic E-state index is 0.0322. The smallest absolute Gasteiger partial charge is 0.356 e. The second-order valence-corrected chi connectivity index (χ2v) is 25.1. The molecule has 1 amide bonds. The number of pyridine rings is 2. The first kappa shape index (κ1) is 46.6. The Bertz CT molecular complexity index is 2450. The average Bonchev–Trinajstić information content (AvgIpc) is 4.05. The van der Waals surface area contributed by atoms with Crippen LogP contribution in [0, 0.1) is 10.8 Å². The minimum Gasteiger partial charge on any atom is -0.476 e. The molecule has 0 aliphatic heterocycles. The Morgan fingerprint density at radius 3 is 2.05 bits per heavy atom. The van der Waals surface area contributed by atoms with Crippen LogP contribution in [0.5, 0.6) is 0 Å². The quantitative estimate of drug-likeness (QED) is 0.0679. The summed E-state index contributed by atoms with van der Waals surface area (Å²) < 4.78 is 11.2. The summed E-state index contributed by atoms with van der Waals surface area (Å²) in [5, 5.41) is 32.4. The molecule has 2 atom stereocenters. The van der Waals surface area contributed by atoms with Crippen LogP contribution in [0.1, 0.15) is 121 Å². The molecular formula is C46H64N12O4Si. The molecule has 6 aromatic rings. The predicted molar refractivity (Wildman–Crippen MR) is 246 cm³/mol. The van der Waals surface area contributed by atoms with Crippen LogP contribution >= 0.6 is 0 Å². The van der Waals surface area contributed by atoms with Gasteiger partial charge in [-0.15, -0.1) is 0 Å². The van der Waals surface area contributed by atoms with Crippen LogP contribution in [0.15, 0.2) is 73.8 Å². The monoisotopic (exact) mass is 876 g/mol. The summed E-state index contributed by atoms with van der Waals surface area (Å²) in [4.78, 5) is 32.3. The maximum atomic E-state index is 12.7. The van der Waals surface area contributed by atoms with Gasteiger partial charge >= 0.3 is 5.97 Å². The molecule has 16 nitrogen and oxygen atoms in total. The Hall–Kier alpha value is -5.94. The van der Waals surface area contributed by atoms with Crippen molar-refractivity contribution in [3.63, 3.8) is 0 Å². The number of amides is 1. The molecule has 0 spiro atoms. The zero-order chi connectivity index (χ0) is 45.5. The molecule has 5 N–H and O–H groups in total. The van der Waals surface area contributed by atoms with Crippen molar-refractivity contribution in [2.24, 2.45) is 10.8 Å². The van der Waals surface area contributed by atoms with E-state index in [1.165, 1.54) is 0 Å². The van der Waals surface area contributed by atoms with Crippen molar-refractivity contribution in [3.8, 4) is 0 Å². The van der Waals surface area contributed by atoms with Crippen molar-refractivity contribution in [1.82, 2.24) is 49.5 Å². The standard InChI is InChI=1S/C20H24N6O.C16H28N2O3Si.C10H12N4/c1-13(14-5-4-8-21-10-14)26-12-15(11-22-26)23-19(27)18-16-6-7-20(2,3)9-17(16)24-25-18;1-16(2)7-6-12-13(10-16)18(17-14(12)15(19)20)11-21-8-9-22(3,4)5;1-8(9-3-2-4-12-5-9)14-7-10(11)6-13-14/h4-5,8,10-13H,6-7,9H2,1-3H3,(H,23,27)(H,24,25);6-11H2,1-5H3,(H,19,20);2-8H,11H2,1H3. The molecule has 2 aliphatic rings. The van der Waals surface area contributed by atoms with Crippen molar-refractivity contribution >= 4 is 31.3 Å². The highest BCUT2D eigenvalue weighted by atomic mass is 28.3. The van der Waals surface area contributed by atoms with Crippen LogP contribution < -0.4 is 11.1 Å². The molecule has 6 aromatic heterocycles. The SMILES string of the molecule is CC(c1cccnc1)n1cc(N)cn1.CC(c1cccnc1)n1cc(NC(=O)c2n[nH]c3c2CCC(C)(C)C3)cn1.CC1(C)CCc2c(C(=O)O)nn(COCC[Si](C)(C)C)c2C1. The number of nitrogen functional groups attached to an aromatic ring is 1. The summed E-state index contributed by atoms with van der Waals surface area (Å²) >= 11 is 0. The topological polar surface area (TPSA) is 210 Å². The van der Waals surface area contributed by atoms with Crippen molar-refractivity contribution in [2.45, 2.75) is 125 Å². The molecule has 0 saturated carbocycles. The van der Waals surface area contributed by atoms with E-state index in [2.05, 4.69) is 95.0 Å². The van der Waals surface area contributed by atoms with E-state index in [-0.39, 0.29) is 34.5 Å². The summed E-state index contributed by atoms with van der Waals surface area (Å²) in [5.41, 5.74) is 14.3.